The first-order valence-corrected chi connectivity index (χ1v) is 14.4. The van der Waals surface area contributed by atoms with Crippen LogP contribution in [0.5, 0.6) is 11.5 Å². The number of carbonyl (C=O) groups is 2. The Morgan fingerprint density at radius 3 is 2.55 bits per heavy atom. The van der Waals surface area contributed by atoms with Gasteiger partial charge in [-0.25, -0.2) is 4.98 Å². The minimum Gasteiger partial charge on any atom is -0.503 e. The number of methoxy groups -OCH3 is 1. The number of amides is 1. The maximum Gasteiger partial charge on any atom is 0.296 e. The first kappa shape index (κ1) is 27.5. The lowest BCUT2D eigenvalue weighted by molar-refractivity contribution is -0.117. The predicted molar refractivity (Wildman–Crippen MR) is 163 cm³/mol. The zero-order valence-corrected chi connectivity index (χ0v) is 24.7. The molecule has 0 fully saturated rings. The number of thiazole rings is 1. The minimum absolute atomic E-state index is 0.00679. The fourth-order valence-electron chi connectivity index (χ4n) is 5.21. The normalized spacial score (nSPS) is 15.7. The molecule has 214 valence electrons. The predicted octanol–water partition coefficient (Wildman–Crippen LogP) is 7.53. The highest BCUT2D eigenvalue weighted by Crippen LogP contribution is 2.45. The molecular formula is C33H30N2O6S. The van der Waals surface area contributed by atoms with Gasteiger partial charge in [-0.05, 0) is 53.8 Å². The van der Waals surface area contributed by atoms with Crippen LogP contribution in [0.2, 0.25) is 0 Å². The van der Waals surface area contributed by atoms with Crippen LogP contribution in [-0.2, 0) is 10.2 Å². The Morgan fingerprint density at radius 2 is 1.86 bits per heavy atom. The van der Waals surface area contributed by atoms with Crippen LogP contribution in [0, 0.1) is 0 Å². The summed E-state index contributed by atoms with van der Waals surface area (Å²) in [7, 11) is 1.52. The van der Waals surface area contributed by atoms with Crippen LogP contribution in [0.25, 0.3) is 21.2 Å². The summed E-state index contributed by atoms with van der Waals surface area (Å²) >= 11 is 1.29. The van der Waals surface area contributed by atoms with Crippen molar-refractivity contribution in [2.24, 2.45) is 0 Å². The number of aromatic nitrogens is 1. The zero-order chi connectivity index (χ0) is 29.8. The number of aliphatic hydroxyl groups excluding tert-OH is 1. The molecule has 1 aliphatic heterocycles. The van der Waals surface area contributed by atoms with Crippen LogP contribution < -0.4 is 14.4 Å². The SMILES string of the molecule is CCOc1ccc2nc(N3C(=O)C(O)=C(C(=O)c4cc5cccc(OC)c5o4)C3c3ccc(C(C)(C)C)cc3)sc2c1. The van der Waals surface area contributed by atoms with Gasteiger partial charge in [0.2, 0.25) is 5.78 Å². The van der Waals surface area contributed by atoms with Gasteiger partial charge in [0.25, 0.3) is 5.91 Å². The molecule has 2 aromatic heterocycles. The van der Waals surface area contributed by atoms with Gasteiger partial charge in [0.05, 0.1) is 35.5 Å². The lowest BCUT2D eigenvalue weighted by atomic mass is 9.85. The number of carbonyl (C=O) groups excluding carboxylic acids is 2. The van der Waals surface area contributed by atoms with Gasteiger partial charge in [0.1, 0.15) is 5.75 Å². The Kier molecular flexibility index (Phi) is 6.77. The highest BCUT2D eigenvalue weighted by atomic mass is 32.1. The van der Waals surface area contributed by atoms with Crippen LogP contribution in [0.1, 0.15) is 55.4 Å². The number of hydrogen-bond acceptors (Lipinski definition) is 8. The summed E-state index contributed by atoms with van der Waals surface area (Å²) in [6.07, 6.45) is 0. The number of ether oxygens (including phenoxy) is 2. The Morgan fingerprint density at radius 1 is 1.10 bits per heavy atom. The summed E-state index contributed by atoms with van der Waals surface area (Å²) < 4.78 is 17.8. The number of anilines is 1. The maximum absolute atomic E-state index is 14.1. The maximum atomic E-state index is 14.1. The number of fused-ring (bicyclic) bond motifs is 2. The van der Waals surface area contributed by atoms with Crippen LogP contribution in [-0.4, -0.2) is 35.5 Å². The second-order valence-corrected chi connectivity index (χ2v) is 12.1. The number of para-hydroxylation sites is 1. The molecule has 42 heavy (non-hydrogen) atoms. The Bertz CT molecular complexity index is 1880. The quantitative estimate of drug-likeness (QED) is 0.198. The molecule has 3 heterocycles. The molecule has 6 rings (SSSR count). The number of Topliss-reactive ketones (excluding diaryl/α,β-unsaturated/α-hetero) is 1. The van der Waals surface area contributed by atoms with E-state index in [4.69, 9.17) is 18.9 Å². The molecule has 0 radical (unpaired) electrons. The molecule has 0 saturated heterocycles. The lowest BCUT2D eigenvalue weighted by Gasteiger charge is -2.25. The molecule has 8 nitrogen and oxygen atoms in total. The molecule has 5 aromatic rings. The molecule has 0 saturated carbocycles. The second-order valence-electron chi connectivity index (χ2n) is 11.1. The van der Waals surface area contributed by atoms with E-state index in [0.717, 1.165) is 10.3 Å². The zero-order valence-electron chi connectivity index (χ0n) is 23.9. The van der Waals surface area contributed by atoms with Gasteiger partial charge >= 0.3 is 0 Å². The van der Waals surface area contributed by atoms with Crippen molar-refractivity contribution < 1.29 is 28.6 Å². The summed E-state index contributed by atoms with van der Waals surface area (Å²) in [5.41, 5.74) is 2.67. The first-order chi connectivity index (χ1) is 20.1. The van der Waals surface area contributed by atoms with Gasteiger partial charge in [-0.2, -0.15) is 0 Å². The fraction of sp³-hybridized carbons (Fsp3) is 0.242. The molecule has 1 amide bonds. The van der Waals surface area contributed by atoms with E-state index in [-0.39, 0.29) is 16.7 Å². The van der Waals surface area contributed by atoms with Crippen LogP contribution in [0.4, 0.5) is 5.13 Å². The largest absolute Gasteiger partial charge is 0.503 e. The smallest absolute Gasteiger partial charge is 0.296 e. The van der Waals surface area contributed by atoms with E-state index in [1.54, 1.807) is 24.3 Å². The molecule has 0 bridgehead atoms. The number of ketones is 1. The average Bonchev–Trinajstić information content (AvgIpc) is 3.66. The number of aliphatic hydroxyl groups is 1. The highest BCUT2D eigenvalue weighted by molar-refractivity contribution is 7.22. The Balaban J connectivity index is 1.49. The summed E-state index contributed by atoms with van der Waals surface area (Å²) in [5.74, 6) is -0.768. The van der Waals surface area contributed by atoms with Gasteiger partial charge in [0.15, 0.2) is 28.0 Å². The molecule has 3 aromatic carbocycles. The third-order valence-electron chi connectivity index (χ3n) is 7.36. The number of benzene rings is 3. The van der Waals surface area contributed by atoms with Crippen molar-refractivity contribution in [2.45, 2.75) is 39.2 Å². The molecular weight excluding hydrogens is 552 g/mol. The van der Waals surface area contributed by atoms with E-state index in [9.17, 15) is 14.7 Å². The monoisotopic (exact) mass is 582 g/mol. The van der Waals surface area contributed by atoms with Gasteiger partial charge in [0, 0.05) is 5.39 Å². The average molecular weight is 583 g/mol. The summed E-state index contributed by atoms with van der Waals surface area (Å²) in [4.78, 5) is 33.9. The summed E-state index contributed by atoms with van der Waals surface area (Å²) in [6.45, 7) is 8.77. The molecule has 1 atom stereocenters. The van der Waals surface area contributed by atoms with Gasteiger partial charge < -0.3 is 19.0 Å². The van der Waals surface area contributed by atoms with Crippen molar-refractivity contribution in [1.82, 2.24) is 4.98 Å². The minimum atomic E-state index is -0.930. The van der Waals surface area contributed by atoms with E-state index in [0.29, 0.717) is 45.3 Å². The Labute approximate surface area is 246 Å². The van der Waals surface area contributed by atoms with Crippen molar-refractivity contribution in [3.8, 4) is 11.5 Å². The molecule has 9 heteroatoms. The van der Waals surface area contributed by atoms with Gasteiger partial charge in [-0.3, -0.25) is 14.5 Å². The third-order valence-corrected chi connectivity index (χ3v) is 8.38. The molecule has 1 aliphatic rings. The van der Waals surface area contributed by atoms with Crippen molar-refractivity contribution >= 4 is 49.3 Å². The van der Waals surface area contributed by atoms with Crippen LogP contribution >= 0.6 is 11.3 Å². The molecule has 1 N–H and O–H groups in total. The van der Waals surface area contributed by atoms with Crippen LogP contribution in [0.15, 0.2) is 82.5 Å². The van der Waals surface area contributed by atoms with E-state index < -0.39 is 23.5 Å². The number of nitrogens with zero attached hydrogens (tertiary/aromatic N) is 2. The third kappa shape index (κ3) is 4.59. The van der Waals surface area contributed by atoms with E-state index in [1.165, 1.54) is 23.3 Å². The summed E-state index contributed by atoms with van der Waals surface area (Å²) in [5, 5.41) is 12.3. The highest BCUT2D eigenvalue weighted by Gasteiger charge is 2.46. The van der Waals surface area contributed by atoms with Crippen molar-refractivity contribution in [3.05, 3.63) is 94.9 Å². The molecule has 0 spiro atoms. The standard InChI is InChI=1S/C33H30N2O6S/c1-6-40-21-14-15-22-25(17-21)42-32(34-22)35-27(18-10-12-20(13-11-18)33(2,3)4)26(29(37)31(35)38)28(36)24-16-19-8-7-9-23(39-5)30(19)41-24/h7-17,27,37H,6H2,1-5H3. The second kappa shape index (κ2) is 10.3. The van der Waals surface area contributed by atoms with Crippen molar-refractivity contribution in [1.29, 1.82) is 0 Å². The molecule has 1 unspecified atom stereocenters. The van der Waals surface area contributed by atoms with Gasteiger partial charge in [-0.15, -0.1) is 0 Å². The van der Waals surface area contributed by atoms with E-state index in [1.807, 2.05) is 49.4 Å². The van der Waals surface area contributed by atoms with Crippen molar-refractivity contribution in [3.63, 3.8) is 0 Å². The van der Waals surface area contributed by atoms with E-state index >= 15 is 0 Å². The van der Waals surface area contributed by atoms with Crippen LogP contribution in [0.3, 0.4) is 0 Å². The number of rotatable bonds is 7. The number of hydrogen-bond donors (Lipinski definition) is 1. The number of furan rings is 1. The topological polar surface area (TPSA) is 102 Å². The summed E-state index contributed by atoms with van der Waals surface area (Å²) in [6, 6.07) is 19.3. The fourth-order valence-corrected chi connectivity index (χ4v) is 6.23. The van der Waals surface area contributed by atoms with Crippen molar-refractivity contribution in [2.75, 3.05) is 18.6 Å². The first-order valence-electron chi connectivity index (χ1n) is 13.6. The van der Waals surface area contributed by atoms with E-state index in [2.05, 4.69) is 20.8 Å². The molecule has 0 aliphatic carbocycles. The lowest BCUT2D eigenvalue weighted by Crippen LogP contribution is -2.31. The Hall–Kier alpha value is -4.63. The van der Waals surface area contributed by atoms with Gasteiger partial charge in [-0.1, -0.05) is 68.5 Å².